The molecule has 0 bridgehead atoms. The van der Waals surface area contributed by atoms with Gasteiger partial charge < -0.3 is 10.0 Å². The summed E-state index contributed by atoms with van der Waals surface area (Å²) in [5, 5.41) is 22.9. The van der Waals surface area contributed by atoms with Crippen molar-refractivity contribution < 1.29 is 14.3 Å². The molecule has 0 fully saturated rings. The van der Waals surface area contributed by atoms with Gasteiger partial charge >= 0.3 is 0 Å². The summed E-state index contributed by atoms with van der Waals surface area (Å²) in [5.74, 6) is -0.520. The molecule has 9 heteroatoms. The molecule has 1 amide bonds. The summed E-state index contributed by atoms with van der Waals surface area (Å²) in [6, 6.07) is 11.5. The zero-order chi connectivity index (χ0) is 24.2. The highest BCUT2D eigenvalue weighted by atomic mass is 19.1. The number of carbonyl (C=O) groups excluding carboxylic acids is 1. The first-order valence-electron chi connectivity index (χ1n) is 11.1. The number of aliphatic hydroxyl groups excluding tert-OH is 1. The average Bonchev–Trinajstić information content (AvgIpc) is 3.50. The van der Waals surface area contributed by atoms with Crippen LogP contribution in [-0.2, 0) is 6.54 Å². The topological polar surface area (TPSA) is 89.1 Å². The molecule has 2 aromatic carbocycles. The van der Waals surface area contributed by atoms with Crippen molar-refractivity contribution in [2.45, 2.75) is 39.5 Å². The molecule has 176 valence electrons. The number of hydrogen-bond acceptors (Lipinski definition) is 5. The van der Waals surface area contributed by atoms with Crippen LogP contribution in [-0.4, -0.2) is 59.4 Å². The summed E-state index contributed by atoms with van der Waals surface area (Å²) in [5.41, 5.74) is 3.66. The van der Waals surface area contributed by atoms with E-state index in [9.17, 15) is 14.3 Å². The van der Waals surface area contributed by atoms with Gasteiger partial charge in [-0.2, -0.15) is 20.1 Å². The first-order chi connectivity index (χ1) is 16.3. The van der Waals surface area contributed by atoms with Gasteiger partial charge in [0.2, 0.25) is 0 Å². The Labute approximate surface area is 197 Å². The second-order valence-corrected chi connectivity index (χ2v) is 8.45. The molecule has 0 spiro atoms. The first kappa shape index (κ1) is 23.3. The van der Waals surface area contributed by atoms with Crippen molar-refractivity contribution in [3.63, 3.8) is 0 Å². The van der Waals surface area contributed by atoms with Crippen LogP contribution in [0.3, 0.4) is 0 Å². The minimum Gasteiger partial charge on any atom is -0.392 e. The molecule has 0 saturated heterocycles. The largest absolute Gasteiger partial charge is 0.392 e. The Kier molecular flexibility index (Phi) is 6.83. The van der Waals surface area contributed by atoms with E-state index in [2.05, 4.69) is 15.3 Å². The third-order valence-corrected chi connectivity index (χ3v) is 5.53. The third-order valence-electron chi connectivity index (χ3n) is 5.53. The fraction of sp³-hybridized carbons (Fsp3) is 0.280. The molecule has 2 heterocycles. The lowest BCUT2D eigenvalue weighted by Gasteiger charge is -2.31. The lowest BCUT2D eigenvalue weighted by Crippen LogP contribution is -2.45. The van der Waals surface area contributed by atoms with Gasteiger partial charge in [-0.3, -0.25) is 9.48 Å². The summed E-state index contributed by atoms with van der Waals surface area (Å²) in [7, 11) is 0. The Morgan fingerprint density at radius 2 is 1.76 bits per heavy atom. The van der Waals surface area contributed by atoms with Crippen molar-refractivity contribution in [2.24, 2.45) is 0 Å². The predicted octanol–water partition coefficient (Wildman–Crippen LogP) is 3.49. The van der Waals surface area contributed by atoms with Crippen molar-refractivity contribution in [1.82, 2.24) is 29.7 Å². The summed E-state index contributed by atoms with van der Waals surface area (Å²) >= 11 is 0. The van der Waals surface area contributed by atoms with E-state index in [1.165, 1.54) is 16.9 Å². The van der Waals surface area contributed by atoms with E-state index in [-0.39, 0.29) is 24.3 Å². The van der Waals surface area contributed by atoms with Crippen molar-refractivity contribution in [3.8, 4) is 16.8 Å². The molecule has 0 aliphatic rings. The highest BCUT2D eigenvalue weighted by molar-refractivity contribution is 5.98. The van der Waals surface area contributed by atoms with E-state index in [1.54, 1.807) is 47.2 Å². The SMILES string of the molecule is Cc1ccc(-n2nccn2)c(C(=O)N(CC(C)O)[C@@H](C)Cn2cc(-c3ccc(F)cc3)cn2)c1. The summed E-state index contributed by atoms with van der Waals surface area (Å²) in [4.78, 5) is 16.8. The van der Waals surface area contributed by atoms with Gasteiger partial charge in [0.1, 0.15) is 5.82 Å². The molecule has 0 aliphatic heterocycles. The quantitative estimate of drug-likeness (QED) is 0.433. The van der Waals surface area contributed by atoms with Crippen LogP contribution >= 0.6 is 0 Å². The zero-order valence-electron chi connectivity index (χ0n) is 19.3. The van der Waals surface area contributed by atoms with Gasteiger partial charge in [0.05, 0.1) is 42.5 Å². The Morgan fingerprint density at radius 1 is 1.06 bits per heavy atom. The molecule has 0 saturated carbocycles. The maximum absolute atomic E-state index is 13.7. The highest BCUT2D eigenvalue weighted by Gasteiger charge is 2.26. The second kappa shape index (κ2) is 9.96. The summed E-state index contributed by atoms with van der Waals surface area (Å²) < 4.78 is 15.0. The molecule has 4 aromatic rings. The van der Waals surface area contributed by atoms with Crippen LogP contribution in [0.1, 0.15) is 29.8 Å². The normalized spacial score (nSPS) is 13.0. The zero-order valence-corrected chi connectivity index (χ0v) is 19.3. The Bertz CT molecular complexity index is 1250. The molecule has 2 aromatic heterocycles. The molecule has 1 N–H and O–H groups in total. The number of benzene rings is 2. The van der Waals surface area contributed by atoms with Gasteiger partial charge in [0.25, 0.3) is 5.91 Å². The van der Waals surface area contributed by atoms with Gasteiger partial charge in [-0.25, -0.2) is 4.39 Å². The molecule has 0 radical (unpaired) electrons. The van der Waals surface area contributed by atoms with Crippen LogP contribution in [0.4, 0.5) is 4.39 Å². The fourth-order valence-electron chi connectivity index (χ4n) is 3.86. The number of amides is 1. The number of aliphatic hydroxyl groups is 1. The Morgan fingerprint density at radius 3 is 2.44 bits per heavy atom. The van der Waals surface area contributed by atoms with Gasteiger partial charge in [-0.15, -0.1) is 0 Å². The minimum absolute atomic E-state index is 0.159. The summed E-state index contributed by atoms with van der Waals surface area (Å²) in [6.07, 6.45) is 5.97. The monoisotopic (exact) mass is 462 g/mol. The molecule has 8 nitrogen and oxygen atoms in total. The maximum Gasteiger partial charge on any atom is 0.256 e. The average molecular weight is 463 g/mol. The van der Waals surface area contributed by atoms with Crippen LogP contribution in [0.25, 0.3) is 16.8 Å². The van der Waals surface area contributed by atoms with E-state index in [0.29, 0.717) is 17.8 Å². The van der Waals surface area contributed by atoms with Crippen LogP contribution < -0.4 is 0 Å². The maximum atomic E-state index is 13.7. The van der Waals surface area contributed by atoms with E-state index in [0.717, 1.165) is 16.7 Å². The number of nitrogens with zero attached hydrogens (tertiary/aromatic N) is 6. The van der Waals surface area contributed by atoms with E-state index >= 15 is 0 Å². The first-order valence-corrected chi connectivity index (χ1v) is 11.1. The fourth-order valence-corrected chi connectivity index (χ4v) is 3.86. The Hall–Kier alpha value is -3.85. The molecule has 2 atom stereocenters. The van der Waals surface area contributed by atoms with Gasteiger partial charge in [0, 0.05) is 24.3 Å². The number of rotatable bonds is 8. The lowest BCUT2D eigenvalue weighted by atomic mass is 10.1. The third kappa shape index (κ3) is 5.20. The molecule has 4 rings (SSSR count). The van der Waals surface area contributed by atoms with Crippen molar-refractivity contribution in [2.75, 3.05) is 6.54 Å². The van der Waals surface area contributed by atoms with Crippen molar-refractivity contribution in [3.05, 3.63) is 84.2 Å². The number of halogens is 1. The molecule has 1 unspecified atom stereocenters. The van der Waals surface area contributed by atoms with Crippen LogP contribution in [0, 0.1) is 12.7 Å². The van der Waals surface area contributed by atoms with Crippen LogP contribution in [0.5, 0.6) is 0 Å². The standard InChI is InChI=1S/C25H27FN6O2/c1-17-4-9-24(32-27-10-11-28-32)23(12-17)25(34)31(15-19(3)33)18(2)14-30-16-21(13-29-30)20-5-7-22(26)8-6-20/h4-13,16,18-19,33H,14-15H2,1-3H3/t18-,19?/m0/s1. The van der Waals surface area contributed by atoms with E-state index < -0.39 is 6.10 Å². The predicted molar refractivity (Wildman–Crippen MR) is 126 cm³/mol. The summed E-state index contributed by atoms with van der Waals surface area (Å²) in [6.45, 7) is 6.06. The van der Waals surface area contributed by atoms with Crippen LogP contribution in [0.15, 0.2) is 67.3 Å². The molecule has 0 aliphatic carbocycles. The van der Waals surface area contributed by atoms with Gasteiger partial charge in [-0.1, -0.05) is 23.8 Å². The van der Waals surface area contributed by atoms with Crippen LogP contribution in [0.2, 0.25) is 0 Å². The minimum atomic E-state index is -0.713. The van der Waals surface area contributed by atoms with E-state index in [1.807, 2.05) is 38.2 Å². The molecular weight excluding hydrogens is 435 g/mol. The number of carbonyl (C=O) groups is 1. The lowest BCUT2D eigenvalue weighted by molar-refractivity contribution is 0.0535. The van der Waals surface area contributed by atoms with Gasteiger partial charge in [-0.05, 0) is 50.6 Å². The highest BCUT2D eigenvalue weighted by Crippen LogP contribution is 2.21. The second-order valence-electron chi connectivity index (χ2n) is 8.45. The van der Waals surface area contributed by atoms with Gasteiger partial charge in [0.15, 0.2) is 0 Å². The van der Waals surface area contributed by atoms with Crippen molar-refractivity contribution >= 4 is 5.91 Å². The number of aryl methyl sites for hydroxylation is 1. The number of aromatic nitrogens is 5. The van der Waals surface area contributed by atoms with E-state index in [4.69, 9.17) is 0 Å². The van der Waals surface area contributed by atoms with Crippen molar-refractivity contribution in [1.29, 1.82) is 0 Å². The molecule has 34 heavy (non-hydrogen) atoms. The smallest absolute Gasteiger partial charge is 0.256 e. The Balaban J connectivity index is 1.60. The molecular formula is C25H27FN6O2. The number of hydrogen-bond donors (Lipinski definition) is 1.